The average molecular weight is 488 g/mol. The smallest absolute Gasteiger partial charge is 0.404 e. The van der Waals surface area contributed by atoms with E-state index in [1.54, 1.807) is 18.0 Å². The van der Waals surface area contributed by atoms with Gasteiger partial charge in [0, 0.05) is 18.8 Å². The topological polar surface area (TPSA) is 99.6 Å². The number of hydrogen-bond acceptors (Lipinski definition) is 6. The molecule has 2 aromatic rings. The summed E-state index contributed by atoms with van der Waals surface area (Å²) in [7, 11) is 0. The lowest BCUT2D eigenvalue weighted by Crippen LogP contribution is -2.44. The Morgan fingerprint density at radius 3 is 2.79 bits per heavy atom. The summed E-state index contributed by atoms with van der Waals surface area (Å²) < 4.78 is 41.3. The molecule has 0 bridgehead atoms. The molecule has 2 atom stereocenters. The van der Waals surface area contributed by atoms with Gasteiger partial charge in [-0.2, -0.15) is 0 Å². The van der Waals surface area contributed by atoms with E-state index in [1.807, 2.05) is 6.92 Å². The summed E-state index contributed by atoms with van der Waals surface area (Å²) in [6.45, 7) is 4.32. The van der Waals surface area contributed by atoms with Crippen molar-refractivity contribution >= 4 is 23.6 Å². The number of amides is 2. The highest BCUT2D eigenvalue weighted by Crippen LogP contribution is 2.33. The van der Waals surface area contributed by atoms with Gasteiger partial charge in [-0.05, 0) is 43.0 Å². The van der Waals surface area contributed by atoms with Crippen LogP contribution < -0.4 is 15.4 Å². The van der Waals surface area contributed by atoms with Gasteiger partial charge in [0.1, 0.15) is 5.75 Å². The first-order chi connectivity index (χ1) is 15.6. The van der Waals surface area contributed by atoms with Crippen LogP contribution in [0.2, 0.25) is 5.02 Å². The van der Waals surface area contributed by atoms with E-state index in [-0.39, 0.29) is 30.2 Å². The number of aliphatic hydroxyl groups excluding tert-OH is 1. The number of hydrogen-bond donors (Lipinski definition) is 3. The van der Waals surface area contributed by atoms with Crippen molar-refractivity contribution in [3.63, 3.8) is 0 Å². The lowest BCUT2D eigenvalue weighted by Gasteiger charge is -2.30. The van der Waals surface area contributed by atoms with Crippen LogP contribution in [0.25, 0.3) is 0 Å². The molecular weight excluding hydrogens is 463 g/mol. The molecular formula is C21H25ClF3N5O3. The van der Waals surface area contributed by atoms with Crippen LogP contribution in [0.3, 0.4) is 0 Å². The number of rotatable bonds is 7. The van der Waals surface area contributed by atoms with E-state index in [0.29, 0.717) is 36.6 Å². The van der Waals surface area contributed by atoms with Crippen molar-refractivity contribution in [2.24, 2.45) is 0 Å². The fourth-order valence-corrected chi connectivity index (χ4v) is 3.64. The number of aliphatic hydroxyl groups is 1. The maximum Gasteiger partial charge on any atom is 0.573 e. The maximum absolute atomic E-state index is 12.9. The predicted octanol–water partition coefficient (Wildman–Crippen LogP) is 4.04. The summed E-state index contributed by atoms with van der Waals surface area (Å²) in [6.07, 6.45) is -2.04. The van der Waals surface area contributed by atoms with Gasteiger partial charge in [0.05, 0.1) is 29.9 Å². The largest absolute Gasteiger partial charge is 0.573 e. The van der Waals surface area contributed by atoms with E-state index in [9.17, 15) is 23.1 Å². The molecule has 0 spiro atoms. The number of halogens is 4. The van der Waals surface area contributed by atoms with Crippen molar-refractivity contribution in [2.45, 2.75) is 51.7 Å². The molecule has 0 saturated carbocycles. The summed E-state index contributed by atoms with van der Waals surface area (Å²) in [5.41, 5.74) is 2.22. The van der Waals surface area contributed by atoms with Gasteiger partial charge in [-0.3, -0.25) is 0 Å². The molecule has 0 fully saturated rings. The Labute approximate surface area is 194 Å². The van der Waals surface area contributed by atoms with Crippen LogP contribution in [0.1, 0.15) is 43.1 Å². The second kappa shape index (κ2) is 10.4. The third kappa shape index (κ3) is 6.61. The van der Waals surface area contributed by atoms with Crippen LogP contribution in [0.15, 0.2) is 24.4 Å². The summed E-state index contributed by atoms with van der Waals surface area (Å²) in [5, 5.41) is 14.9. The molecule has 2 heterocycles. The highest BCUT2D eigenvalue weighted by Gasteiger charge is 2.32. The van der Waals surface area contributed by atoms with Crippen LogP contribution >= 0.6 is 11.6 Å². The molecule has 12 heteroatoms. The summed E-state index contributed by atoms with van der Waals surface area (Å²) in [5.74, 6) is -0.124. The van der Waals surface area contributed by atoms with Crippen molar-refractivity contribution < 1.29 is 27.8 Å². The van der Waals surface area contributed by atoms with E-state index in [0.717, 1.165) is 11.6 Å². The van der Waals surface area contributed by atoms with Crippen LogP contribution in [-0.4, -0.2) is 51.6 Å². The zero-order valence-electron chi connectivity index (χ0n) is 18.1. The summed E-state index contributed by atoms with van der Waals surface area (Å²) in [6, 6.07) is 2.95. The molecule has 8 nitrogen and oxygen atoms in total. The molecule has 180 valence electrons. The minimum Gasteiger partial charge on any atom is -0.404 e. The fraction of sp³-hybridized carbons (Fsp3) is 0.476. The zero-order chi connectivity index (χ0) is 24.2. The molecule has 1 aromatic carbocycles. The molecule has 2 amide bonds. The number of ether oxygens (including phenoxy) is 1. The number of urea groups is 1. The van der Waals surface area contributed by atoms with Crippen molar-refractivity contribution in [3.05, 3.63) is 46.2 Å². The Morgan fingerprint density at radius 1 is 1.39 bits per heavy atom. The number of carbonyl (C=O) groups excluding carboxylic acids is 1. The van der Waals surface area contributed by atoms with Gasteiger partial charge in [0.15, 0.2) is 0 Å². The average Bonchev–Trinajstić information content (AvgIpc) is 2.77. The number of aromatic nitrogens is 2. The first kappa shape index (κ1) is 24.8. The molecule has 1 aromatic heterocycles. The Morgan fingerprint density at radius 2 is 2.15 bits per heavy atom. The molecule has 1 aliphatic rings. The van der Waals surface area contributed by atoms with Crippen molar-refractivity contribution in [3.8, 4) is 5.75 Å². The number of carbonyl (C=O) groups is 1. The minimum absolute atomic E-state index is 0.0687. The van der Waals surface area contributed by atoms with Crippen molar-refractivity contribution in [2.75, 3.05) is 18.5 Å². The lowest BCUT2D eigenvalue weighted by molar-refractivity contribution is -0.274. The fourth-order valence-electron chi connectivity index (χ4n) is 3.41. The van der Waals surface area contributed by atoms with Crippen molar-refractivity contribution in [1.29, 1.82) is 0 Å². The quantitative estimate of drug-likeness (QED) is 0.545. The summed E-state index contributed by atoms with van der Waals surface area (Å²) in [4.78, 5) is 23.2. The van der Waals surface area contributed by atoms with E-state index in [2.05, 4.69) is 25.3 Å². The van der Waals surface area contributed by atoms with E-state index in [1.165, 1.54) is 12.1 Å². The monoisotopic (exact) mass is 487 g/mol. The summed E-state index contributed by atoms with van der Waals surface area (Å²) >= 11 is 5.96. The number of fused-ring (bicyclic) bond motifs is 1. The van der Waals surface area contributed by atoms with Gasteiger partial charge in [-0.25, -0.2) is 14.8 Å². The molecule has 0 aliphatic carbocycles. The van der Waals surface area contributed by atoms with Gasteiger partial charge >= 0.3 is 12.4 Å². The Balaban J connectivity index is 1.68. The van der Waals surface area contributed by atoms with Gasteiger partial charge < -0.3 is 25.4 Å². The van der Waals surface area contributed by atoms with Gasteiger partial charge in [-0.1, -0.05) is 24.6 Å². The third-order valence-corrected chi connectivity index (χ3v) is 5.47. The number of nitrogens with zero attached hydrogens (tertiary/aromatic N) is 3. The SMILES string of the molecule is CC[C@@H](NC(=O)N1CCc2cnc(N[C@@H](C)CO)nc2C1)c1ccc(OC(F)(F)F)c(Cl)c1. The Bertz CT molecular complexity index is 992. The zero-order valence-corrected chi connectivity index (χ0v) is 18.9. The van der Waals surface area contributed by atoms with Crippen molar-refractivity contribution in [1.82, 2.24) is 20.2 Å². The molecule has 3 rings (SSSR count). The van der Waals surface area contributed by atoms with Gasteiger partial charge in [0.25, 0.3) is 0 Å². The first-order valence-electron chi connectivity index (χ1n) is 10.4. The van der Waals surface area contributed by atoms with Crippen LogP contribution in [0.4, 0.5) is 23.9 Å². The number of benzene rings is 1. The number of anilines is 1. The van der Waals surface area contributed by atoms with Crippen LogP contribution in [0, 0.1) is 0 Å². The van der Waals surface area contributed by atoms with Crippen LogP contribution in [-0.2, 0) is 13.0 Å². The second-order valence-corrected chi connectivity index (χ2v) is 8.12. The molecule has 0 saturated heterocycles. The third-order valence-electron chi connectivity index (χ3n) is 5.17. The van der Waals surface area contributed by atoms with Gasteiger partial charge in [0.2, 0.25) is 5.95 Å². The molecule has 1 aliphatic heterocycles. The second-order valence-electron chi connectivity index (χ2n) is 7.71. The van der Waals surface area contributed by atoms with Gasteiger partial charge in [-0.15, -0.1) is 13.2 Å². The number of nitrogens with one attached hydrogen (secondary N) is 2. The minimum atomic E-state index is -4.84. The lowest BCUT2D eigenvalue weighted by atomic mass is 10.0. The van der Waals surface area contributed by atoms with E-state index in [4.69, 9.17) is 11.6 Å². The molecule has 3 N–H and O–H groups in total. The normalized spacial score (nSPS) is 15.4. The molecule has 33 heavy (non-hydrogen) atoms. The molecule has 0 unspecified atom stereocenters. The highest BCUT2D eigenvalue weighted by molar-refractivity contribution is 6.32. The Kier molecular flexibility index (Phi) is 7.85. The number of alkyl halides is 3. The van der Waals surface area contributed by atoms with E-state index >= 15 is 0 Å². The Hall–Kier alpha value is -2.79. The maximum atomic E-state index is 12.9. The molecule has 0 radical (unpaired) electrons. The predicted molar refractivity (Wildman–Crippen MR) is 116 cm³/mol. The highest BCUT2D eigenvalue weighted by atomic mass is 35.5. The van der Waals surface area contributed by atoms with E-state index < -0.39 is 18.2 Å². The van der Waals surface area contributed by atoms with Crippen LogP contribution in [0.5, 0.6) is 5.75 Å². The first-order valence-corrected chi connectivity index (χ1v) is 10.8. The standard InChI is InChI=1S/C21H25ClF3N5O3/c1-3-16(13-4-5-18(15(22)8-13)33-21(23,24)25)29-20(32)30-7-6-14-9-26-19(27-12(2)11-31)28-17(14)10-30/h4-5,8-9,12,16,31H,3,6-7,10-11H2,1-2H3,(H,29,32)(H,26,27,28)/t12-,16+/m0/s1.